The maximum atomic E-state index is 12.4. The molecular weight excluding hydrogens is 302 g/mol. The summed E-state index contributed by atoms with van der Waals surface area (Å²) in [6.07, 6.45) is 1.60. The van der Waals surface area contributed by atoms with E-state index in [1.807, 2.05) is 19.1 Å². The van der Waals surface area contributed by atoms with Crippen molar-refractivity contribution in [1.82, 2.24) is 25.6 Å². The quantitative estimate of drug-likeness (QED) is 0.897. The highest BCUT2D eigenvalue weighted by molar-refractivity contribution is 6.30. The number of amides is 1. The molecule has 116 valence electrons. The van der Waals surface area contributed by atoms with E-state index in [1.165, 1.54) is 0 Å². The van der Waals surface area contributed by atoms with Gasteiger partial charge in [0, 0.05) is 17.6 Å². The maximum Gasteiger partial charge on any atom is 0.274 e. The molecule has 3 rings (SSSR count). The number of halogens is 1. The van der Waals surface area contributed by atoms with Crippen LogP contribution in [-0.2, 0) is 6.42 Å². The standard InChI is InChI=1S/C15H18ClN5O/c1-2-13-14(15(22)18-11-6-7-17-9-11)19-20-21(13)12-5-3-4-10(16)8-12/h3-5,8,11,17H,2,6-7,9H2,1H3,(H,18,22). The van der Waals surface area contributed by atoms with Crippen LogP contribution in [0.3, 0.4) is 0 Å². The highest BCUT2D eigenvalue weighted by Gasteiger charge is 2.23. The Hall–Kier alpha value is -1.92. The summed E-state index contributed by atoms with van der Waals surface area (Å²) >= 11 is 6.03. The number of nitrogens with one attached hydrogen (secondary N) is 2. The van der Waals surface area contributed by atoms with Crippen LogP contribution in [0.5, 0.6) is 0 Å². The van der Waals surface area contributed by atoms with Crippen molar-refractivity contribution in [2.45, 2.75) is 25.8 Å². The van der Waals surface area contributed by atoms with Gasteiger partial charge in [-0.3, -0.25) is 4.79 Å². The van der Waals surface area contributed by atoms with Crippen molar-refractivity contribution in [2.24, 2.45) is 0 Å². The Morgan fingerprint density at radius 2 is 2.41 bits per heavy atom. The molecule has 1 amide bonds. The van der Waals surface area contributed by atoms with E-state index in [0.717, 1.165) is 30.9 Å². The molecule has 0 saturated carbocycles. The lowest BCUT2D eigenvalue weighted by molar-refractivity contribution is 0.0934. The van der Waals surface area contributed by atoms with Gasteiger partial charge in [0.05, 0.1) is 11.4 Å². The molecule has 1 atom stereocenters. The largest absolute Gasteiger partial charge is 0.347 e. The molecule has 1 aromatic carbocycles. The topological polar surface area (TPSA) is 71.8 Å². The van der Waals surface area contributed by atoms with Gasteiger partial charge in [0.1, 0.15) is 0 Å². The number of carbonyl (C=O) groups excluding carboxylic acids is 1. The Kier molecular flexibility index (Phi) is 4.40. The summed E-state index contributed by atoms with van der Waals surface area (Å²) in [5, 5.41) is 15.0. The summed E-state index contributed by atoms with van der Waals surface area (Å²) in [5.74, 6) is -0.168. The van der Waals surface area contributed by atoms with Crippen LogP contribution in [0.2, 0.25) is 5.02 Å². The Bertz CT molecular complexity index is 678. The number of aromatic nitrogens is 3. The molecule has 2 N–H and O–H groups in total. The fourth-order valence-corrected chi connectivity index (χ4v) is 2.83. The first-order valence-electron chi connectivity index (χ1n) is 7.41. The molecule has 1 aliphatic rings. The van der Waals surface area contributed by atoms with Gasteiger partial charge < -0.3 is 10.6 Å². The van der Waals surface area contributed by atoms with Gasteiger partial charge in [-0.05, 0) is 37.6 Å². The number of nitrogens with zero attached hydrogens (tertiary/aromatic N) is 3. The van der Waals surface area contributed by atoms with Crippen molar-refractivity contribution in [3.8, 4) is 5.69 Å². The molecule has 2 aromatic rings. The van der Waals surface area contributed by atoms with Crippen LogP contribution in [0.15, 0.2) is 24.3 Å². The lowest BCUT2D eigenvalue weighted by atomic mass is 10.2. The zero-order valence-electron chi connectivity index (χ0n) is 12.3. The molecule has 1 unspecified atom stereocenters. The van der Waals surface area contributed by atoms with Crippen LogP contribution in [0.25, 0.3) is 5.69 Å². The van der Waals surface area contributed by atoms with Gasteiger partial charge >= 0.3 is 0 Å². The van der Waals surface area contributed by atoms with E-state index in [4.69, 9.17) is 11.6 Å². The normalized spacial score (nSPS) is 17.6. The van der Waals surface area contributed by atoms with Gasteiger partial charge in [-0.2, -0.15) is 0 Å². The maximum absolute atomic E-state index is 12.4. The average Bonchev–Trinajstić information content (AvgIpc) is 3.15. The smallest absolute Gasteiger partial charge is 0.274 e. The van der Waals surface area contributed by atoms with Crippen LogP contribution in [0, 0.1) is 0 Å². The molecule has 0 spiro atoms. The Morgan fingerprint density at radius 1 is 1.55 bits per heavy atom. The predicted octanol–water partition coefficient (Wildman–Crippen LogP) is 1.57. The Balaban J connectivity index is 1.88. The summed E-state index contributed by atoms with van der Waals surface area (Å²) in [7, 11) is 0. The van der Waals surface area contributed by atoms with Crippen molar-refractivity contribution < 1.29 is 4.79 Å². The molecule has 0 bridgehead atoms. The predicted molar refractivity (Wildman–Crippen MR) is 84.5 cm³/mol. The number of hydrogen-bond acceptors (Lipinski definition) is 4. The van der Waals surface area contributed by atoms with Gasteiger partial charge in [-0.15, -0.1) is 5.10 Å². The Morgan fingerprint density at radius 3 is 3.09 bits per heavy atom. The second-order valence-electron chi connectivity index (χ2n) is 5.29. The van der Waals surface area contributed by atoms with E-state index >= 15 is 0 Å². The highest BCUT2D eigenvalue weighted by Crippen LogP contribution is 2.18. The summed E-state index contributed by atoms with van der Waals surface area (Å²) in [6, 6.07) is 7.51. The van der Waals surface area contributed by atoms with Crippen molar-refractivity contribution >= 4 is 17.5 Å². The Labute approximate surface area is 133 Å². The molecule has 1 fully saturated rings. The van der Waals surface area contributed by atoms with Gasteiger partial charge in [-0.25, -0.2) is 4.68 Å². The first-order chi connectivity index (χ1) is 10.7. The monoisotopic (exact) mass is 319 g/mol. The summed E-state index contributed by atoms with van der Waals surface area (Å²) in [5.41, 5.74) is 1.97. The van der Waals surface area contributed by atoms with E-state index in [9.17, 15) is 4.79 Å². The average molecular weight is 320 g/mol. The van der Waals surface area contributed by atoms with Gasteiger partial charge in [0.15, 0.2) is 5.69 Å². The first-order valence-corrected chi connectivity index (χ1v) is 7.79. The molecule has 1 saturated heterocycles. The number of rotatable bonds is 4. The van der Waals surface area contributed by atoms with Crippen LogP contribution < -0.4 is 10.6 Å². The molecule has 2 heterocycles. The van der Waals surface area contributed by atoms with Crippen LogP contribution in [-0.4, -0.2) is 40.0 Å². The molecule has 22 heavy (non-hydrogen) atoms. The summed E-state index contributed by atoms with van der Waals surface area (Å²) in [6.45, 7) is 3.71. The minimum atomic E-state index is -0.168. The molecule has 6 nitrogen and oxygen atoms in total. The van der Waals surface area contributed by atoms with Crippen molar-refractivity contribution in [1.29, 1.82) is 0 Å². The molecule has 1 aliphatic heterocycles. The molecular formula is C15H18ClN5O. The minimum Gasteiger partial charge on any atom is -0.347 e. The number of carbonyl (C=O) groups is 1. The van der Waals surface area contributed by atoms with E-state index in [-0.39, 0.29) is 11.9 Å². The SMILES string of the molecule is CCc1c(C(=O)NC2CCNC2)nnn1-c1cccc(Cl)c1. The third-order valence-corrected chi connectivity index (χ3v) is 4.00. The van der Waals surface area contributed by atoms with Crippen LogP contribution in [0.1, 0.15) is 29.5 Å². The minimum absolute atomic E-state index is 0.161. The van der Waals surface area contributed by atoms with E-state index in [2.05, 4.69) is 20.9 Å². The third-order valence-electron chi connectivity index (χ3n) is 3.76. The van der Waals surface area contributed by atoms with Gasteiger partial charge in [0.2, 0.25) is 0 Å². The van der Waals surface area contributed by atoms with Crippen molar-refractivity contribution in [3.05, 3.63) is 40.7 Å². The second-order valence-corrected chi connectivity index (χ2v) is 5.73. The van der Waals surface area contributed by atoms with Crippen LogP contribution in [0.4, 0.5) is 0 Å². The highest BCUT2D eigenvalue weighted by atomic mass is 35.5. The molecule has 1 aromatic heterocycles. The lowest BCUT2D eigenvalue weighted by Gasteiger charge is -2.11. The summed E-state index contributed by atoms with van der Waals surface area (Å²) < 4.78 is 1.67. The fourth-order valence-electron chi connectivity index (χ4n) is 2.64. The van der Waals surface area contributed by atoms with E-state index in [0.29, 0.717) is 17.1 Å². The lowest BCUT2D eigenvalue weighted by Crippen LogP contribution is -2.36. The number of hydrogen-bond donors (Lipinski definition) is 2. The van der Waals surface area contributed by atoms with E-state index in [1.54, 1.807) is 16.8 Å². The zero-order chi connectivity index (χ0) is 15.5. The van der Waals surface area contributed by atoms with Gasteiger partial charge in [0.25, 0.3) is 5.91 Å². The third kappa shape index (κ3) is 2.98. The van der Waals surface area contributed by atoms with Crippen molar-refractivity contribution in [3.63, 3.8) is 0 Å². The first kappa shape index (κ1) is 15.0. The van der Waals surface area contributed by atoms with Crippen molar-refractivity contribution in [2.75, 3.05) is 13.1 Å². The van der Waals surface area contributed by atoms with Crippen LogP contribution >= 0.6 is 11.6 Å². The molecule has 0 radical (unpaired) electrons. The molecule has 0 aliphatic carbocycles. The zero-order valence-corrected chi connectivity index (χ0v) is 13.1. The van der Waals surface area contributed by atoms with E-state index < -0.39 is 0 Å². The second kappa shape index (κ2) is 6.46. The summed E-state index contributed by atoms with van der Waals surface area (Å²) in [4.78, 5) is 12.4. The fraction of sp³-hybridized carbons (Fsp3) is 0.400. The number of benzene rings is 1. The molecule has 7 heteroatoms. The van der Waals surface area contributed by atoms with Gasteiger partial charge in [-0.1, -0.05) is 29.8 Å².